The van der Waals surface area contributed by atoms with Gasteiger partial charge in [0, 0.05) is 17.1 Å². The van der Waals surface area contributed by atoms with E-state index in [1.165, 1.54) is 0 Å². The maximum atomic E-state index is 5.42. The second kappa shape index (κ2) is 4.50. The summed E-state index contributed by atoms with van der Waals surface area (Å²) in [6, 6.07) is 3.76. The van der Waals surface area contributed by atoms with Crippen LogP contribution in [0.5, 0.6) is 0 Å². The topological polar surface area (TPSA) is 80.5 Å². The minimum Gasteiger partial charge on any atom is -0.330 e. The lowest BCUT2D eigenvalue weighted by Crippen LogP contribution is -2.03. The predicted molar refractivity (Wildman–Crippen MR) is 60.1 cm³/mol. The molecule has 0 amide bonds. The van der Waals surface area contributed by atoms with Gasteiger partial charge in [-0.2, -0.15) is 5.10 Å². The molecule has 0 fully saturated rings. The molecule has 0 bridgehead atoms. The van der Waals surface area contributed by atoms with Crippen LogP contribution in [-0.2, 0) is 6.42 Å². The number of H-pyrrole nitrogens is 1. The smallest absolute Gasteiger partial charge is 0.199 e. The molecule has 3 N–H and O–H groups in total. The van der Waals surface area contributed by atoms with E-state index in [2.05, 4.69) is 36.1 Å². The monoisotopic (exact) mass is 267 g/mol. The Morgan fingerprint density at radius 2 is 2.27 bits per heavy atom. The quantitative estimate of drug-likeness (QED) is 0.874. The number of nitrogens with one attached hydrogen (secondary N) is 1. The zero-order valence-electron chi connectivity index (χ0n) is 7.94. The van der Waals surface area contributed by atoms with Crippen molar-refractivity contribution in [3.05, 3.63) is 28.6 Å². The number of nitrogens with two attached hydrogens (primary N) is 1. The number of nitrogens with zero attached hydrogens (tertiary/aromatic N) is 3. The average molecular weight is 268 g/mol. The van der Waals surface area contributed by atoms with Crippen LogP contribution in [0.25, 0.3) is 11.5 Å². The summed E-state index contributed by atoms with van der Waals surface area (Å²) >= 11 is 3.32. The van der Waals surface area contributed by atoms with E-state index in [9.17, 15) is 0 Å². The minimum atomic E-state index is 0.558. The zero-order valence-corrected chi connectivity index (χ0v) is 9.53. The summed E-state index contributed by atoms with van der Waals surface area (Å²) in [7, 11) is 0. The van der Waals surface area contributed by atoms with Gasteiger partial charge in [0.1, 0.15) is 11.5 Å². The van der Waals surface area contributed by atoms with Crippen molar-refractivity contribution in [3.8, 4) is 11.5 Å². The lowest BCUT2D eigenvalue weighted by atomic mass is 10.3. The molecule has 0 saturated heterocycles. The van der Waals surface area contributed by atoms with Crippen LogP contribution in [0, 0.1) is 0 Å². The third-order valence-electron chi connectivity index (χ3n) is 1.87. The summed E-state index contributed by atoms with van der Waals surface area (Å²) in [6.45, 7) is 0.558. The summed E-state index contributed by atoms with van der Waals surface area (Å²) in [6.07, 6.45) is 2.41. The van der Waals surface area contributed by atoms with Crippen LogP contribution in [0.4, 0.5) is 0 Å². The first-order valence-electron chi connectivity index (χ1n) is 4.53. The molecule has 78 valence electrons. The number of rotatable bonds is 3. The Morgan fingerprint density at radius 1 is 1.40 bits per heavy atom. The van der Waals surface area contributed by atoms with E-state index < -0.39 is 0 Å². The SMILES string of the molecule is NCCc1nc(-c2ccc(Br)cn2)n[nH]1. The fourth-order valence-corrected chi connectivity index (χ4v) is 1.40. The first-order chi connectivity index (χ1) is 7.29. The Balaban J connectivity index is 2.25. The van der Waals surface area contributed by atoms with Gasteiger partial charge < -0.3 is 5.73 Å². The van der Waals surface area contributed by atoms with Gasteiger partial charge in [-0.15, -0.1) is 0 Å². The van der Waals surface area contributed by atoms with Gasteiger partial charge in [-0.05, 0) is 34.6 Å². The summed E-state index contributed by atoms with van der Waals surface area (Å²) in [5.74, 6) is 1.39. The van der Waals surface area contributed by atoms with Crippen molar-refractivity contribution in [2.24, 2.45) is 5.73 Å². The fourth-order valence-electron chi connectivity index (χ4n) is 1.17. The molecule has 2 aromatic heterocycles. The molecule has 0 aliphatic rings. The third kappa shape index (κ3) is 2.40. The fraction of sp³-hybridized carbons (Fsp3) is 0.222. The molecule has 0 radical (unpaired) electrons. The molecule has 2 aromatic rings. The maximum absolute atomic E-state index is 5.42. The lowest BCUT2D eigenvalue weighted by molar-refractivity contribution is 0.874. The number of halogens is 1. The number of hydrogen-bond donors (Lipinski definition) is 2. The summed E-state index contributed by atoms with van der Waals surface area (Å²) < 4.78 is 0.934. The van der Waals surface area contributed by atoms with Crippen LogP contribution in [-0.4, -0.2) is 26.7 Å². The van der Waals surface area contributed by atoms with Crippen molar-refractivity contribution in [1.82, 2.24) is 20.2 Å². The molecule has 5 nitrogen and oxygen atoms in total. The molecule has 0 aliphatic carbocycles. The van der Waals surface area contributed by atoms with Crippen LogP contribution in [0.15, 0.2) is 22.8 Å². The van der Waals surface area contributed by atoms with Gasteiger partial charge in [-0.3, -0.25) is 10.1 Å². The maximum Gasteiger partial charge on any atom is 0.199 e. The van der Waals surface area contributed by atoms with Gasteiger partial charge in [-0.25, -0.2) is 4.98 Å². The van der Waals surface area contributed by atoms with E-state index in [-0.39, 0.29) is 0 Å². The molecule has 0 unspecified atom stereocenters. The molecule has 0 aliphatic heterocycles. The van der Waals surface area contributed by atoms with E-state index in [4.69, 9.17) is 5.73 Å². The molecule has 0 atom stereocenters. The van der Waals surface area contributed by atoms with E-state index in [0.717, 1.165) is 16.0 Å². The highest BCUT2D eigenvalue weighted by atomic mass is 79.9. The van der Waals surface area contributed by atoms with Crippen LogP contribution in [0.3, 0.4) is 0 Å². The Kier molecular flexibility index (Phi) is 3.08. The van der Waals surface area contributed by atoms with Gasteiger partial charge in [0.25, 0.3) is 0 Å². The van der Waals surface area contributed by atoms with Crippen LogP contribution >= 0.6 is 15.9 Å². The van der Waals surface area contributed by atoms with Crippen molar-refractivity contribution < 1.29 is 0 Å². The van der Waals surface area contributed by atoms with Crippen molar-refractivity contribution in [2.75, 3.05) is 6.54 Å². The molecule has 2 heterocycles. The Morgan fingerprint density at radius 3 is 2.93 bits per heavy atom. The number of pyridine rings is 1. The van der Waals surface area contributed by atoms with E-state index in [1.54, 1.807) is 6.20 Å². The minimum absolute atomic E-state index is 0.558. The molecule has 15 heavy (non-hydrogen) atoms. The Bertz CT molecular complexity index is 436. The van der Waals surface area contributed by atoms with Crippen molar-refractivity contribution in [3.63, 3.8) is 0 Å². The summed E-state index contributed by atoms with van der Waals surface area (Å²) in [4.78, 5) is 8.47. The Labute approximate surface area is 95.3 Å². The first kappa shape index (κ1) is 10.3. The lowest BCUT2D eigenvalue weighted by Gasteiger charge is -1.93. The van der Waals surface area contributed by atoms with Crippen LogP contribution in [0.1, 0.15) is 5.82 Å². The van der Waals surface area contributed by atoms with Gasteiger partial charge in [0.2, 0.25) is 0 Å². The van der Waals surface area contributed by atoms with E-state index >= 15 is 0 Å². The van der Waals surface area contributed by atoms with Gasteiger partial charge in [0.15, 0.2) is 5.82 Å². The number of hydrogen-bond acceptors (Lipinski definition) is 4. The molecule has 6 heteroatoms. The summed E-state index contributed by atoms with van der Waals surface area (Å²) in [5, 5.41) is 6.89. The van der Waals surface area contributed by atoms with Crippen LogP contribution < -0.4 is 5.73 Å². The standard InChI is InChI=1S/C9H10BrN5/c10-6-1-2-7(12-5-6)9-13-8(3-4-11)14-15-9/h1-2,5H,3-4,11H2,(H,13,14,15). The van der Waals surface area contributed by atoms with E-state index in [0.29, 0.717) is 18.8 Å². The highest BCUT2D eigenvalue weighted by molar-refractivity contribution is 9.10. The van der Waals surface area contributed by atoms with Crippen molar-refractivity contribution in [1.29, 1.82) is 0 Å². The van der Waals surface area contributed by atoms with Crippen molar-refractivity contribution >= 4 is 15.9 Å². The van der Waals surface area contributed by atoms with Gasteiger partial charge in [0.05, 0.1) is 0 Å². The number of aromatic amines is 1. The Hall–Kier alpha value is -1.27. The number of aromatic nitrogens is 4. The first-order valence-corrected chi connectivity index (χ1v) is 5.32. The van der Waals surface area contributed by atoms with Gasteiger partial charge >= 0.3 is 0 Å². The second-order valence-electron chi connectivity index (χ2n) is 3.01. The molecular formula is C9H10BrN5. The molecule has 2 rings (SSSR count). The third-order valence-corrected chi connectivity index (χ3v) is 2.34. The summed E-state index contributed by atoms with van der Waals surface area (Å²) in [5.41, 5.74) is 6.17. The molecule has 0 saturated carbocycles. The zero-order chi connectivity index (χ0) is 10.7. The highest BCUT2D eigenvalue weighted by Crippen LogP contribution is 2.14. The normalized spacial score (nSPS) is 10.5. The predicted octanol–water partition coefficient (Wildman–Crippen LogP) is 1.13. The second-order valence-corrected chi connectivity index (χ2v) is 3.92. The van der Waals surface area contributed by atoms with Crippen LogP contribution in [0.2, 0.25) is 0 Å². The average Bonchev–Trinajstić information content (AvgIpc) is 2.68. The van der Waals surface area contributed by atoms with E-state index in [1.807, 2.05) is 12.1 Å². The highest BCUT2D eigenvalue weighted by Gasteiger charge is 2.05. The molecular weight excluding hydrogens is 258 g/mol. The largest absolute Gasteiger partial charge is 0.330 e. The van der Waals surface area contributed by atoms with Gasteiger partial charge in [-0.1, -0.05) is 0 Å². The molecule has 0 spiro atoms. The van der Waals surface area contributed by atoms with Crippen molar-refractivity contribution in [2.45, 2.75) is 6.42 Å². The molecule has 0 aromatic carbocycles.